The number of nitrogens with zero attached hydrogens (tertiary/aromatic N) is 1. The van der Waals surface area contributed by atoms with Gasteiger partial charge in [-0.1, -0.05) is 13.8 Å². The molecule has 1 atom stereocenters. The van der Waals surface area contributed by atoms with Gasteiger partial charge in [-0.3, -0.25) is 0 Å². The third-order valence-electron chi connectivity index (χ3n) is 3.33. The Labute approximate surface area is 123 Å². The summed E-state index contributed by atoms with van der Waals surface area (Å²) >= 11 is 0. The molecule has 0 aromatic carbocycles. The molecule has 0 saturated carbocycles. The van der Waals surface area contributed by atoms with Crippen LogP contribution in [0.15, 0.2) is 0 Å². The van der Waals surface area contributed by atoms with Crippen LogP contribution in [0.5, 0.6) is 0 Å². The molecule has 2 aliphatic rings. The largest absolute Gasteiger partial charge is 0.444 e. The molecule has 0 aromatic rings. The van der Waals surface area contributed by atoms with Crippen molar-refractivity contribution < 1.29 is 14.3 Å². The van der Waals surface area contributed by atoms with Crippen molar-refractivity contribution in [2.45, 2.75) is 58.7 Å². The molecule has 1 N–H and O–H groups in total. The smallest absolute Gasteiger partial charge is 0.410 e. The fourth-order valence-corrected chi connectivity index (χ4v) is 2.53. The van der Waals surface area contributed by atoms with E-state index in [-0.39, 0.29) is 11.7 Å². The number of piperidine rings is 1. The molecule has 20 heavy (non-hydrogen) atoms. The van der Waals surface area contributed by atoms with Crippen molar-refractivity contribution in [2.75, 3.05) is 32.8 Å². The summed E-state index contributed by atoms with van der Waals surface area (Å²) < 4.78 is 11.3. The van der Waals surface area contributed by atoms with Crippen molar-refractivity contribution in [3.05, 3.63) is 0 Å². The zero-order valence-electron chi connectivity index (χ0n) is 13.6. The lowest BCUT2D eigenvalue weighted by Gasteiger charge is -2.45. The number of ether oxygens (including phenoxy) is 2. The molecule has 0 aliphatic carbocycles. The minimum atomic E-state index is -0.437. The summed E-state index contributed by atoms with van der Waals surface area (Å²) in [6.45, 7) is 13.4. The number of morpholine rings is 1. The number of carbonyl (C=O) groups is 1. The van der Waals surface area contributed by atoms with Gasteiger partial charge in [0.1, 0.15) is 5.60 Å². The Kier molecular flexibility index (Phi) is 6.27. The first-order chi connectivity index (χ1) is 9.40. The predicted octanol–water partition coefficient (Wildman–Crippen LogP) is 2.40. The lowest BCUT2D eigenvalue weighted by molar-refractivity contribution is -0.117. The Bertz CT molecular complexity index is 301. The Balaban J connectivity index is 0.000000956. The number of amides is 1. The van der Waals surface area contributed by atoms with Crippen LogP contribution in [0.4, 0.5) is 4.79 Å². The fourth-order valence-electron chi connectivity index (χ4n) is 2.53. The Morgan fingerprint density at radius 3 is 2.60 bits per heavy atom. The van der Waals surface area contributed by atoms with E-state index in [0.717, 1.165) is 25.9 Å². The molecule has 1 amide bonds. The molecule has 1 spiro atoms. The highest BCUT2D eigenvalue weighted by Crippen LogP contribution is 2.26. The first-order valence-electron chi connectivity index (χ1n) is 7.73. The van der Waals surface area contributed by atoms with E-state index in [9.17, 15) is 4.79 Å². The summed E-state index contributed by atoms with van der Waals surface area (Å²) in [5, 5.41) is 3.35. The number of carbonyl (C=O) groups excluding carboxylic acids is 1. The second-order valence-electron chi connectivity index (χ2n) is 6.21. The third-order valence-corrected chi connectivity index (χ3v) is 3.33. The van der Waals surface area contributed by atoms with E-state index in [1.165, 1.54) is 0 Å². The first kappa shape index (κ1) is 17.2. The lowest BCUT2D eigenvalue weighted by atomic mass is 9.92. The maximum Gasteiger partial charge on any atom is 0.410 e. The van der Waals surface area contributed by atoms with Crippen LogP contribution in [0.3, 0.4) is 0 Å². The standard InChI is InChI=1S/C13H24N2O3.C2H6/c1-12(2,3)18-11(16)15-7-8-17-13(10-15)5-4-6-14-9-13;1-2/h14H,4-10H2,1-3H3;1-2H3. The SMILES string of the molecule is CC.CC(C)(C)OC(=O)N1CCOC2(CCCNC2)C1. The molecule has 0 aromatic heterocycles. The van der Waals surface area contributed by atoms with Crippen molar-refractivity contribution >= 4 is 6.09 Å². The van der Waals surface area contributed by atoms with Crippen LogP contribution < -0.4 is 5.32 Å². The summed E-state index contributed by atoms with van der Waals surface area (Å²) in [5.74, 6) is 0. The minimum absolute atomic E-state index is 0.201. The van der Waals surface area contributed by atoms with Gasteiger partial charge in [-0.15, -0.1) is 0 Å². The summed E-state index contributed by atoms with van der Waals surface area (Å²) in [5.41, 5.74) is -0.638. The van der Waals surface area contributed by atoms with Gasteiger partial charge < -0.3 is 19.7 Å². The number of nitrogens with one attached hydrogen (secondary N) is 1. The second-order valence-corrected chi connectivity index (χ2v) is 6.21. The molecule has 0 radical (unpaired) electrons. The van der Waals surface area contributed by atoms with Gasteiger partial charge in [-0.05, 0) is 40.2 Å². The third kappa shape index (κ3) is 4.94. The summed E-state index contributed by atoms with van der Waals surface area (Å²) in [7, 11) is 0. The molecule has 1 unspecified atom stereocenters. The van der Waals surface area contributed by atoms with E-state index >= 15 is 0 Å². The van der Waals surface area contributed by atoms with Gasteiger partial charge in [0.05, 0.1) is 18.8 Å². The Morgan fingerprint density at radius 1 is 1.35 bits per heavy atom. The summed E-state index contributed by atoms with van der Waals surface area (Å²) in [6, 6.07) is 0. The van der Waals surface area contributed by atoms with Gasteiger partial charge in [-0.25, -0.2) is 4.79 Å². The molecule has 5 nitrogen and oxygen atoms in total. The number of rotatable bonds is 0. The van der Waals surface area contributed by atoms with E-state index in [1.54, 1.807) is 4.90 Å². The van der Waals surface area contributed by atoms with Gasteiger partial charge in [0.15, 0.2) is 0 Å². The van der Waals surface area contributed by atoms with Crippen LogP contribution in [0.25, 0.3) is 0 Å². The number of hydrogen-bond donors (Lipinski definition) is 1. The van der Waals surface area contributed by atoms with Crippen molar-refractivity contribution in [3.63, 3.8) is 0 Å². The van der Waals surface area contributed by atoms with Crippen LogP contribution in [0.2, 0.25) is 0 Å². The molecule has 2 fully saturated rings. The molecular weight excluding hydrogens is 256 g/mol. The molecule has 2 heterocycles. The van der Waals surface area contributed by atoms with Gasteiger partial charge >= 0.3 is 6.09 Å². The predicted molar refractivity (Wildman–Crippen MR) is 79.9 cm³/mol. The van der Waals surface area contributed by atoms with E-state index in [2.05, 4.69) is 5.32 Å². The molecule has 2 rings (SSSR count). The quantitative estimate of drug-likeness (QED) is 0.743. The average molecular weight is 286 g/mol. The van der Waals surface area contributed by atoms with Crippen LogP contribution in [-0.4, -0.2) is 55.0 Å². The lowest BCUT2D eigenvalue weighted by Crippen LogP contribution is -2.60. The Hall–Kier alpha value is -0.810. The van der Waals surface area contributed by atoms with E-state index in [0.29, 0.717) is 19.7 Å². The van der Waals surface area contributed by atoms with Crippen LogP contribution in [0, 0.1) is 0 Å². The molecular formula is C15H30N2O3. The van der Waals surface area contributed by atoms with Crippen molar-refractivity contribution in [1.82, 2.24) is 10.2 Å². The highest BCUT2D eigenvalue weighted by Gasteiger charge is 2.40. The van der Waals surface area contributed by atoms with Crippen LogP contribution in [0.1, 0.15) is 47.5 Å². The maximum atomic E-state index is 12.1. The number of hydrogen-bond acceptors (Lipinski definition) is 4. The van der Waals surface area contributed by atoms with E-state index in [1.807, 2.05) is 34.6 Å². The monoisotopic (exact) mass is 286 g/mol. The molecule has 5 heteroatoms. The second kappa shape index (κ2) is 7.27. The zero-order chi connectivity index (χ0) is 15.2. The topological polar surface area (TPSA) is 50.8 Å². The van der Waals surface area contributed by atoms with Crippen molar-refractivity contribution in [1.29, 1.82) is 0 Å². The van der Waals surface area contributed by atoms with Crippen LogP contribution >= 0.6 is 0 Å². The maximum absolute atomic E-state index is 12.1. The van der Waals surface area contributed by atoms with Crippen molar-refractivity contribution in [2.24, 2.45) is 0 Å². The average Bonchev–Trinajstić information content (AvgIpc) is 2.40. The van der Waals surface area contributed by atoms with Crippen molar-refractivity contribution in [3.8, 4) is 0 Å². The Morgan fingerprint density at radius 2 is 2.05 bits per heavy atom. The van der Waals surface area contributed by atoms with E-state index < -0.39 is 5.60 Å². The normalized spacial score (nSPS) is 26.8. The van der Waals surface area contributed by atoms with E-state index in [4.69, 9.17) is 9.47 Å². The van der Waals surface area contributed by atoms with Gasteiger partial charge in [0.25, 0.3) is 0 Å². The highest BCUT2D eigenvalue weighted by atomic mass is 16.6. The highest BCUT2D eigenvalue weighted by molar-refractivity contribution is 5.68. The minimum Gasteiger partial charge on any atom is -0.444 e. The molecule has 2 aliphatic heterocycles. The molecule has 0 bridgehead atoms. The summed E-state index contributed by atoms with van der Waals surface area (Å²) in [4.78, 5) is 13.8. The van der Waals surface area contributed by atoms with Crippen LogP contribution in [-0.2, 0) is 9.47 Å². The molecule has 2 saturated heterocycles. The van der Waals surface area contributed by atoms with Gasteiger partial charge in [0.2, 0.25) is 0 Å². The summed E-state index contributed by atoms with van der Waals surface area (Å²) in [6.07, 6.45) is 1.89. The fraction of sp³-hybridized carbons (Fsp3) is 0.933. The van der Waals surface area contributed by atoms with Gasteiger partial charge in [0, 0.05) is 13.1 Å². The first-order valence-corrected chi connectivity index (χ1v) is 7.73. The van der Waals surface area contributed by atoms with Gasteiger partial charge in [-0.2, -0.15) is 0 Å². The zero-order valence-corrected chi connectivity index (χ0v) is 13.6. The molecule has 118 valence electrons.